The van der Waals surface area contributed by atoms with Crippen LogP contribution in [0.5, 0.6) is 0 Å². The van der Waals surface area contributed by atoms with Gasteiger partial charge < -0.3 is 10.3 Å². The normalized spacial score (nSPS) is 13.5. The molecular formula is C10H19N3O. The van der Waals surface area contributed by atoms with Gasteiger partial charge in [0.2, 0.25) is 5.89 Å². The third-order valence-electron chi connectivity index (χ3n) is 2.15. The van der Waals surface area contributed by atoms with Crippen LogP contribution in [0.4, 0.5) is 0 Å². The van der Waals surface area contributed by atoms with E-state index in [2.05, 4.69) is 17.1 Å². The first kappa shape index (κ1) is 11.2. The summed E-state index contributed by atoms with van der Waals surface area (Å²) in [5, 5.41) is 3.88. The molecule has 4 heteroatoms. The van der Waals surface area contributed by atoms with E-state index in [1.807, 2.05) is 13.8 Å². The maximum atomic E-state index is 5.91. The zero-order valence-electron chi connectivity index (χ0n) is 9.16. The fourth-order valence-electron chi connectivity index (χ4n) is 1.19. The lowest BCUT2D eigenvalue weighted by molar-refractivity contribution is 0.356. The van der Waals surface area contributed by atoms with E-state index in [1.54, 1.807) is 0 Å². The van der Waals surface area contributed by atoms with Crippen LogP contribution in [0.15, 0.2) is 4.52 Å². The summed E-state index contributed by atoms with van der Waals surface area (Å²) >= 11 is 0. The van der Waals surface area contributed by atoms with Crippen LogP contribution < -0.4 is 5.73 Å². The second kappa shape index (κ2) is 5.10. The van der Waals surface area contributed by atoms with Crippen molar-refractivity contribution in [1.29, 1.82) is 0 Å². The van der Waals surface area contributed by atoms with Crippen LogP contribution in [0.2, 0.25) is 0 Å². The summed E-state index contributed by atoms with van der Waals surface area (Å²) in [5.74, 6) is 1.59. The van der Waals surface area contributed by atoms with Crippen molar-refractivity contribution >= 4 is 0 Å². The van der Waals surface area contributed by atoms with E-state index in [0.717, 1.165) is 19.3 Å². The average Bonchev–Trinajstić information content (AvgIpc) is 2.62. The van der Waals surface area contributed by atoms with E-state index in [1.165, 1.54) is 0 Å². The Morgan fingerprint density at radius 1 is 1.43 bits per heavy atom. The average molecular weight is 197 g/mol. The molecule has 0 aliphatic heterocycles. The molecule has 1 heterocycles. The molecule has 0 fully saturated rings. The highest BCUT2D eigenvalue weighted by atomic mass is 16.5. The fourth-order valence-corrected chi connectivity index (χ4v) is 1.19. The van der Waals surface area contributed by atoms with Gasteiger partial charge in [-0.3, -0.25) is 0 Å². The zero-order chi connectivity index (χ0) is 10.6. The smallest absolute Gasteiger partial charge is 0.229 e. The third-order valence-corrected chi connectivity index (χ3v) is 2.15. The third kappa shape index (κ3) is 2.80. The molecule has 0 bridgehead atoms. The fraction of sp³-hybridized carbons (Fsp3) is 0.800. The second-order valence-corrected chi connectivity index (χ2v) is 3.89. The minimum atomic E-state index is -0.0776. The topological polar surface area (TPSA) is 64.9 Å². The molecule has 80 valence electrons. The molecule has 1 unspecified atom stereocenters. The summed E-state index contributed by atoms with van der Waals surface area (Å²) in [4.78, 5) is 4.26. The predicted molar refractivity (Wildman–Crippen MR) is 54.8 cm³/mol. The minimum absolute atomic E-state index is 0.0776. The van der Waals surface area contributed by atoms with Crippen molar-refractivity contribution in [2.45, 2.75) is 52.0 Å². The van der Waals surface area contributed by atoms with Gasteiger partial charge in [0.1, 0.15) is 0 Å². The van der Waals surface area contributed by atoms with Crippen LogP contribution in [0, 0.1) is 0 Å². The van der Waals surface area contributed by atoms with Crippen LogP contribution in [-0.4, -0.2) is 10.1 Å². The van der Waals surface area contributed by atoms with Gasteiger partial charge in [-0.15, -0.1) is 0 Å². The summed E-state index contributed by atoms with van der Waals surface area (Å²) in [6.07, 6.45) is 3.17. The molecular weight excluding hydrogens is 178 g/mol. The van der Waals surface area contributed by atoms with Gasteiger partial charge in [0.05, 0.1) is 6.04 Å². The molecule has 0 saturated heterocycles. The molecule has 4 nitrogen and oxygen atoms in total. The van der Waals surface area contributed by atoms with Crippen molar-refractivity contribution in [3.63, 3.8) is 0 Å². The van der Waals surface area contributed by atoms with E-state index in [0.29, 0.717) is 11.7 Å². The van der Waals surface area contributed by atoms with Gasteiger partial charge in [-0.2, -0.15) is 4.98 Å². The van der Waals surface area contributed by atoms with Gasteiger partial charge in [-0.05, 0) is 6.42 Å². The largest absolute Gasteiger partial charge is 0.339 e. The number of aromatic nitrogens is 2. The molecule has 0 spiro atoms. The molecule has 0 aliphatic rings. The van der Waals surface area contributed by atoms with Gasteiger partial charge in [0.15, 0.2) is 5.82 Å². The van der Waals surface area contributed by atoms with Crippen molar-refractivity contribution in [3.05, 3.63) is 11.7 Å². The van der Waals surface area contributed by atoms with Crippen molar-refractivity contribution in [3.8, 4) is 0 Å². The van der Waals surface area contributed by atoms with E-state index >= 15 is 0 Å². The van der Waals surface area contributed by atoms with Gasteiger partial charge in [-0.25, -0.2) is 0 Å². The second-order valence-electron chi connectivity index (χ2n) is 3.89. The summed E-state index contributed by atoms with van der Waals surface area (Å²) in [5.41, 5.74) is 5.91. The number of nitrogens with two attached hydrogens (primary N) is 1. The monoisotopic (exact) mass is 197 g/mol. The molecule has 0 amide bonds. The van der Waals surface area contributed by atoms with Crippen molar-refractivity contribution in [2.75, 3.05) is 0 Å². The molecule has 14 heavy (non-hydrogen) atoms. The minimum Gasteiger partial charge on any atom is -0.339 e. The summed E-state index contributed by atoms with van der Waals surface area (Å²) in [6, 6.07) is -0.0776. The SMILES string of the molecule is CCCCC(N)c1noc(C(C)C)n1. The van der Waals surface area contributed by atoms with E-state index in [-0.39, 0.29) is 12.0 Å². The summed E-state index contributed by atoms with van der Waals surface area (Å²) < 4.78 is 5.09. The number of hydrogen-bond donors (Lipinski definition) is 1. The molecule has 1 aromatic heterocycles. The molecule has 0 radical (unpaired) electrons. The highest BCUT2D eigenvalue weighted by molar-refractivity contribution is 4.95. The summed E-state index contributed by atoms with van der Waals surface area (Å²) in [7, 11) is 0. The van der Waals surface area contributed by atoms with E-state index < -0.39 is 0 Å². The van der Waals surface area contributed by atoms with Crippen LogP contribution in [0.1, 0.15) is 63.7 Å². The van der Waals surface area contributed by atoms with Crippen molar-refractivity contribution in [1.82, 2.24) is 10.1 Å². The van der Waals surface area contributed by atoms with Gasteiger partial charge >= 0.3 is 0 Å². The number of unbranched alkanes of at least 4 members (excludes halogenated alkanes) is 1. The number of hydrogen-bond acceptors (Lipinski definition) is 4. The molecule has 1 aromatic rings. The molecule has 0 aromatic carbocycles. The first-order chi connectivity index (χ1) is 6.65. The lowest BCUT2D eigenvalue weighted by atomic mass is 10.1. The molecule has 1 atom stereocenters. The molecule has 0 aliphatic carbocycles. The Bertz CT molecular complexity index is 270. The van der Waals surface area contributed by atoms with E-state index in [4.69, 9.17) is 10.3 Å². The maximum Gasteiger partial charge on any atom is 0.229 e. The Morgan fingerprint density at radius 2 is 2.14 bits per heavy atom. The van der Waals surface area contributed by atoms with Crippen LogP contribution in [0.25, 0.3) is 0 Å². The van der Waals surface area contributed by atoms with E-state index in [9.17, 15) is 0 Å². The standard InChI is InChI=1S/C10H19N3O/c1-4-5-6-8(11)9-12-10(7(2)3)14-13-9/h7-8H,4-6,11H2,1-3H3. The first-order valence-corrected chi connectivity index (χ1v) is 5.24. The van der Waals surface area contributed by atoms with Gasteiger partial charge in [-0.1, -0.05) is 38.8 Å². The number of nitrogens with zero attached hydrogens (tertiary/aromatic N) is 2. The lowest BCUT2D eigenvalue weighted by Crippen LogP contribution is -2.11. The van der Waals surface area contributed by atoms with Gasteiger partial charge in [0, 0.05) is 5.92 Å². The Hall–Kier alpha value is -0.900. The zero-order valence-corrected chi connectivity index (χ0v) is 9.16. The maximum absolute atomic E-state index is 5.91. The Kier molecular flexibility index (Phi) is 4.07. The number of rotatable bonds is 5. The first-order valence-electron chi connectivity index (χ1n) is 5.24. The van der Waals surface area contributed by atoms with Crippen molar-refractivity contribution < 1.29 is 4.52 Å². The summed E-state index contributed by atoms with van der Waals surface area (Å²) in [6.45, 7) is 6.19. The predicted octanol–water partition coefficient (Wildman–Crippen LogP) is 2.38. The molecule has 0 saturated carbocycles. The van der Waals surface area contributed by atoms with Gasteiger partial charge in [0.25, 0.3) is 0 Å². The Morgan fingerprint density at radius 3 is 2.64 bits per heavy atom. The Balaban J connectivity index is 2.57. The highest BCUT2D eigenvalue weighted by Gasteiger charge is 2.15. The van der Waals surface area contributed by atoms with Crippen LogP contribution >= 0.6 is 0 Å². The molecule has 1 rings (SSSR count). The van der Waals surface area contributed by atoms with Crippen molar-refractivity contribution in [2.24, 2.45) is 5.73 Å². The quantitative estimate of drug-likeness (QED) is 0.787. The van der Waals surface area contributed by atoms with Crippen LogP contribution in [0.3, 0.4) is 0 Å². The lowest BCUT2D eigenvalue weighted by Gasteiger charge is -2.04. The molecule has 2 N–H and O–H groups in total. The Labute approximate surface area is 84.9 Å². The van der Waals surface area contributed by atoms with Crippen LogP contribution in [-0.2, 0) is 0 Å². The highest BCUT2D eigenvalue weighted by Crippen LogP contribution is 2.17.